The molecule has 4 heteroatoms. The van der Waals surface area contributed by atoms with Crippen LogP contribution >= 0.6 is 0 Å². The number of ketones is 1. The number of aromatic hydroxyl groups is 1. The van der Waals surface area contributed by atoms with Gasteiger partial charge in [0.05, 0.1) is 5.56 Å². The number of rotatable bonds is 2. The van der Waals surface area contributed by atoms with Crippen molar-refractivity contribution in [1.29, 1.82) is 0 Å². The lowest BCUT2D eigenvalue weighted by molar-refractivity contribution is -0.131. The SMILES string of the molecule is Cc1cc(C)c(C(=O)C(=O)O)c(O)c1C. The van der Waals surface area contributed by atoms with E-state index in [1.165, 1.54) is 0 Å². The Bertz CT molecular complexity index is 446. The van der Waals surface area contributed by atoms with Crippen molar-refractivity contribution in [3.8, 4) is 5.75 Å². The predicted molar refractivity (Wildman–Crippen MR) is 54.3 cm³/mol. The molecule has 0 heterocycles. The van der Waals surface area contributed by atoms with Crippen molar-refractivity contribution in [2.45, 2.75) is 20.8 Å². The maximum Gasteiger partial charge on any atom is 0.377 e. The van der Waals surface area contributed by atoms with Crippen LogP contribution in [-0.4, -0.2) is 22.0 Å². The first kappa shape index (κ1) is 11.2. The predicted octanol–water partition coefficient (Wildman–Crippen LogP) is 1.58. The van der Waals surface area contributed by atoms with E-state index in [4.69, 9.17) is 5.11 Å². The molecule has 4 nitrogen and oxygen atoms in total. The number of phenols is 1. The lowest BCUT2D eigenvalue weighted by Gasteiger charge is -2.10. The summed E-state index contributed by atoms with van der Waals surface area (Å²) in [5.41, 5.74) is 1.71. The van der Waals surface area contributed by atoms with E-state index in [2.05, 4.69) is 0 Å². The van der Waals surface area contributed by atoms with Crippen LogP contribution < -0.4 is 0 Å². The molecule has 0 amide bonds. The molecule has 0 saturated carbocycles. The molecule has 0 spiro atoms. The second-order valence-electron chi connectivity index (χ2n) is 3.49. The Morgan fingerprint density at radius 3 is 2.13 bits per heavy atom. The summed E-state index contributed by atoms with van der Waals surface area (Å²) in [5.74, 6) is -2.87. The summed E-state index contributed by atoms with van der Waals surface area (Å²) in [6.07, 6.45) is 0. The molecule has 0 saturated heterocycles. The van der Waals surface area contributed by atoms with Crippen LogP contribution in [0.5, 0.6) is 5.75 Å². The Balaban J connectivity index is 3.49. The number of carbonyl (C=O) groups excluding carboxylic acids is 1. The molecule has 0 radical (unpaired) electrons. The summed E-state index contributed by atoms with van der Waals surface area (Å²) >= 11 is 0. The molecule has 1 aromatic rings. The smallest absolute Gasteiger partial charge is 0.377 e. The van der Waals surface area contributed by atoms with Gasteiger partial charge in [-0.15, -0.1) is 0 Å². The Labute approximate surface area is 87.2 Å². The van der Waals surface area contributed by atoms with Gasteiger partial charge in [-0.25, -0.2) is 4.79 Å². The summed E-state index contributed by atoms with van der Waals surface area (Å²) in [7, 11) is 0. The van der Waals surface area contributed by atoms with Gasteiger partial charge in [0.15, 0.2) is 0 Å². The van der Waals surface area contributed by atoms with Gasteiger partial charge < -0.3 is 10.2 Å². The fraction of sp³-hybridized carbons (Fsp3) is 0.273. The van der Waals surface area contributed by atoms with Gasteiger partial charge in [0.1, 0.15) is 5.75 Å². The lowest BCUT2D eigenvalue weighted by Crippen LogP contribution is -2.15. The molecule has 1 rings (SSSR count). The summed E-state index contributed by atoms with van der Waals surface area (Å²) in [6.45, 7) is 5.03. The van der Waals surface area contributed by atoms with Gasteiger partial charge in [-0.05, 0) is 37.5 Å². The minimum atomic E-state index is -1.56. The first-order valence-corrected chi connectivity index (χ1v) is 4.43. The summed E-state index contributed by atoms with van der Waals surface area (Å²) in [5, 5.41) is 18.3. The summed E-state index contributed by atoms with van der Waals surface area (Å²) < 4.78 is 0. The van der Waals surface area contributed by atoms with E-state index < -0.39 is 11.8 Å². The van der Waals surface area contributed by atoms with Crippen molar-refractivity contribution in [1.82, 2.24) is 0 Å². The highest BCUT2D eigenvalue weighted by atomic mass is 16.4. The molecule has 0 aromatic heterocycles. The van der Waals surface area contributed by atoms with Crippen molar-refractivity contribution in [2.75, 3.05) is 0 Å². The first-order chi connectivity index (χ1) is 6.86. The van der Waals surface area contributed by atoms with E-state index in [9.17, 15) is 14.7 Å². The van der Waals surface area contributed by atoms with Gasteiger partial charge in [-0.1, -0.05) is 6.07 Å². The van der Waals surface area contributed by atoms with Crippen molar-refractivity contribution >= 4 is 11.8 Å². The van der Waals surface area contributed by atoms with Gasteiger partial charge in [-0.3, -0.25) is 4.79 Å². The zero-order valence-corrected chi connectivity index (χ0v) is 8.79. The number of benzene rings is 1. The zero-order valence-electron chi connectivity index (χ0n) is 8.79. The van der Waals surface area contributed by atoms with E-state index in [-0.39, 0.29) is 11.3 Å². The lowest BCUT2D eigenvalue weighted by atomic mass is 9.96. The quantitative estimate of drug-likeness (QED) is 0.571. The first-order valence-electron chi connectivity index (χ1n) is 4.43. The maximum atomic E-state index is 11.3. The molecular weight excluding hydrogens is 196 g/mol. The van der Waals surface area contributed by atoms with E-state index in [0.717, 1.165) is 5.56 Å². The molecule has 1 aromatic carbocycles. The largest absolute Gasteiger partial charge is 0.507 e. The van der Waals surface area contributed by atoms with Crippen LogP contribution in [0.2, 0.25) is 0 Å². The third-order valence-corrected chi connectivity index (χ3v) is 2.43. The standard InChI is InChI=1S/C11H12O4/c1-5-4-6(2)8(9(12)7(5)3)10(13)11(14)15/h4,12H,1-3H3,(H,14,15). The van der Waals surface area contributed by atoms with Crippen LogP contribution in [0.4, 0.5) is 0 Å². The summed E-state index contributed by atoms with van der Waals surface area (Å²) in [6, 6.07) is 1.69. The molecule has 2 N–H and O–H groups in total. The second kappa shape index (κ2) is 3.73. The zero-order chi connectivity index (χ0) is 11.7. The number of hydrogen-bond acceptors (Lipinski definition) is 3. The minimum Gasteiger partial charge on any atom is -0.507 e. The van der Waals surface area contributed by atoms with Gasteiger partial charge in [0.2, 0.25) is 0 Å². The fourth-order valence-electron chi connectivity index (χ4n) is 1.46. The average Bonchev–Trinajstić information content (AvgIpc) is 2.14. The Kier molecular flexibility index (Phi) is 2.79. The minimum absolute atomic E-state index is 0.120. The van der Waals surface area contributed by atoms with Crippen LogP contribution in [0.25, 0.3) is 0 Å². The van der Waals surface area contributed by atoms with Crippen molar-refractivity contribution in [3.63, 3.8) is 0 Å². The van der Waals surface area contributed by atoms with Crippen LogP contribution in [0.3, 0.4) is 0 Å². The maximum absolute atomic E-state index is 11.3. The number of carboxylic acid groups (broad SMARTS) is 1. The molecule has 0 fully saturated rings. The van der Waals surface area contributed by atoms with Gasteiger partial charge in [-0.2, -0.15) is 0 Å². The highest BCUT2D eigenvalue weighted by molar-refractivity contribution is 6.41. The van der Waals surface area contributed by atoms with E-state index in [0.29, 0.717) is 11.1 Å². The van der Waals surface area contributed by atoms with Gasteiger partial charge in [0.25, 0.3) is 5.78 Å². The topological polar surface area (TPSA) is 74.6 Å². The molecule has 0 aliphatic heterocycles. The van der Waals surface area contributed by atoms with E-state index in [1.807, 2.05) is 0 Å². The van der Waals surface area contributed by atoms with Crippen LogP contribution in [0.15, 0.2) is 6.07 Å². The third kappa shape index (κ3) is 1.83. The summed E-state index contributed by atoms with van der Waals surface area (Å²) in [4.78, 5) is 21.8. The van der Waals surface area contributed by atoms with Gasteiger partial charge in [0, 0.05) is 0 Å². The van der Waals surface area contributed by atoms with Crippen LogP contribution in [0, 0.1) is 20.8 Å². The molecule has 80 valence electrons. The molecular formula is C11H12O4. The normalized spacial score (nSPS) is 10.1. The number of carbonyl (C=O) groups is 2. The Morgan fingerprint density at radius 2 is 1.67 bits per heavy atom. The number of carboxylic acids is 1. The fourth-order valence-corrected chi connectivity index (χ4v) is 1.46. The van der Waals surface area contributed by atoms with Gasteiger partial charge >= 0.3 is 5.97 Å². The van der Waals surface area contributed by atoms with Crippen molar-refractivity contribution in [2.24, 2.45) is 0 Å². The number of hydrogen-bond donors (Lipinski definition) is 2. The van der Waals surface area contributed by atoms with Crippen LogP contribution in [0.1, 0.15) is 27.0 Å². The van der Waals surface area contributed by atoms with E-state index >= 15 is 0 Å². The molecule has 0 aliphatic rings. The van der Waals surface area contributed by atoms with Crippen molar-refractivity contribution < 1.29 is 19.8 Å². The molecule has 0 aliphatic carbocycles. The Morgan fingerprint density at radius 1 is 1.13 bits per heavy atom. The molecule has 0 atom stereocenters. The third-order valence-electron chi connectivity index (χ3n) is 2.43. The molecule has 0 unspecified atom stereocenters. The van der Waals surface area contributed by atoms with Crippen molar-refractivity contribution in [3.05, 3.63) is 28.3 Å². The monoisotopic (exact) mass is 208 g/mol. The number of Topliss-reactive ketones (excluding diaryl/α,β-unsaturated/α-hetero) is 1. The molecule has 15 heavy (non-hydrogen) atoms. The average molecular weight is 208 g/mol. The molecule has 0 bridgehead atoms. The van der Waals surface area contributed by atoms with Crippen LogP contribution in [-0.2, 0) is 4.79 Å². The number of aryl methyl sites for hydroxylation is 2. The number of phenolic OH excluding ortho intramolecular Hbond substituents is 1. The Hall–Kier alpha value is -1.84. The second-order valence-corrected chi connectivity index (χ2v) is 3.49. The highest BCUT2D eigenvalue weighted by Crippen LogP contribution is 2.28. The highest BCUT2D eigenvalue weighted by Gasteiger charge is 2.22. The number of aliphatic carboxylic acids is 1. The van der Waals surface area contributed by atoms with E-state index in [1.54, 1.807) is 26.8 Å².